The van der Waals surface area contributed by atoms with Crippen LogP contribution < -0.4 is 5.73 Å². The molecule has 1 aromatic carbocycles. The maximum Gasteiger partial charge on any atom is 0.0648 e. The largest absolute Gasteiger partial charge is 0.324 e. The summed E-state index contributed by atoms with van der Waals surface area (Å²) in [4.78, 5) is 0. The van der Waals surface area contributed by atoms with Gasteiger partial charge in [-0.3, -0.25) is 0 Å². The third-order valence-electron chi connectivity index (χ3n) is 3.02. The normalized spacial score (nSPS) is 12.7. The molecule has 0 bridgehead atoms. The molecule has 0 saturated heterocycles. The maximum atomic E-state index is 5.99. The summed E-state index contributed by atoms with van der Waals surface area (Å²) in [6.07, 6.45) is 0.958. The highest BCUT2D eigenvalue weighted by atomic mass is 15.3. The monoisotopic (exact) mass is 229 g/mol. The van der Waals surface area contributed by atoms with Gasteiger partial charge in [-0.15, -0.1) is 0 Å². The lowest BCUT2D eigenvalue weighted by atomic mass is 10.1. The molecular weight excluding hydrogens is 210 g/mol. The minimum Gasteiger partial charge on any atom is -0.324 e. The number of hydrogen-bond acceptors (Lipinski definition) is 2. The Morgan fingerprint density at radius 1 is 1.24 bits per heavy atom. The summed E-state index contributed by atoms with van der Waals surface area (Å²) in [6, 6.07) is 10.5. The number of hydrogen-bond donors (Lipinski definition) is 1. The number of rotatable bonds is 3. The molecule has 0 aliphatic carbocycles. The van der Waals surface area contributed by atoms with Crippen LogP contribution in [0.25, 0.3) is 5.69 Å². The van der Waals surface area contributed by atoms with E-state index in [2.05, 4.69) is 49.3 Å². The van der Waals surface area contributed by atoms with Crippen LogP contribution in [0.5, 0.6) is 0 Å². The lowest BCUT2D eigenvalue weighted by Gasteiger charge is -2.10. The van der Waals surface area contributed by atoms with E-state index in [1.807, 2.05) is 11.6 Å². The molecule has 90 valence electrons. The molecule has 1 heterocycles. The second-order valence-corrected chi connectivity index (χ2v) is 4.45. The molecule has 0 unspecified atom stereocenters. The van der Waals surface area contributed by atoms with Gasteiger partial charge in [0.25, 0.3) is 0 Å². The SMILES string of the molecule is CC[C@@H](N)c1ccc(-n2nc(C)cc2C)cc1. The molecule has 3 nitrogen and oxygen atoms in total. The highest BCUT2D eigenvalue weighted by Crippen LogP contribution is 2.17. The summed E-state index contributed by atoms with van der Waals surface area (Å²) in [6.45, 7) is 6.16. The molecule has 17 heavy (non-hydrogen) atoms. The Hall–Kier alpha value is -1.61. The molecule has 0 fully saturated rings. The average molecular weight is 229 g/mol. The van der Waals surface area contributed by atoms with Crippen LogP contribution in [-0.2, 0) is 0 Å². The molecule has 2 aromatic rings. The van der Waals surface area contributed by atoms with Crippen LogP contribution in [0.3, 0.4) is 0 Å². The van der Waals surface area contributed by atoms with Gasteiger partial charge in [-0.1, -0.05) is 19.1 Å². The molecule has 0 radical (unpaired) electrons. The lowest BCUT2D eigenvalue weighted by molar-refractivity contribution is 0.698. The third-order valence-corrected chi connectivity index (χ3v) is 3.02. The van der Waals surface area contributed by atoms with Crippen molar-refractivity contribution in [2.75, 3.05) is 0 Å². The maximum absolute atomic E-state index is 5.99. The van der Waals surface area contributed by atoms with Crippen LogP contribution in [0, 0.1) is 13.8 Å². The van der Waals surface area contributed by atoms with Crippen molar-refractivity contribution in [3.63, 3.8) is 0 Å². The van der Waals surface area contributed by atoms with Crippen LogP contribution >= 0.6 is 0 Å². The summed E-state index contributed by atoms with van der Waals surface area (Å²) in [7, 11) is 0. The Morgan fingerprint density at radius 2 is 1.88 bits per heavy atom. The molecule has 0 saturated carbocycles. The van der Waals surface area contributed by atoms with E-state index in [1.54, 1.807) is 0 Å². The van der Waals surface area contributed by atoms with Crippen LogP contribution in [0.15, 0.2) is 30.3 Å². The first-order chi connectivity index (χ1) is 8.11. The van der Waals surface area contributed by atoms with Crippen LogP contribution in [0.2, 0.25) is 0 Å². The topological polar surface area (TPSA) is 43.8 Å². The summed E-state index contributed by atoms with van der Waals surface area (Å²) < 4.78 is 1.95. The molecule has 0 spiro atoms. The zero-order chi connectivity index (χ0) is 12.4. The van der Waals surface area contributed by atoms with Crippen molar-refractivity contribution < 1.29 is 0 Å². The van der Waals surface area contributed by atoms with Gasteiger partial charge in [0.05, 0.1) is 11.4 Å². The van der Waals surface area contributed by atoms with Gasteiger partial charge < -0.3 is 5.73 Å². The van der Waals surface area contributed by atoms with E-state index in [-0.39, 0.29) is 6.04 Å². The minimum absolute atomic E-state index is 0.129. The highest BCUT2D eigenvalue weighted by Gasteiger charge is 2.06. The molecule has 3 heteroatoms. The van der Waals surface area contributed by atoms with Crippen LogP contribution in [-0.4, -0.2) is 9.78 Å². The van der Waals surface area contributed by atoms with Crippen molar-refractivity contribution in [1.82, 2.24) is 9.78 Å². The van der Waals surface area contributed by atoms with Gasteiger partial charge in [-0.25, -0.2) is 4.68 Å². The number of nitrogens with zero attached hydrogens (tertiary/aromatic N) is 2. The van der Waals surface area contributed by atoms with E-state index in [4.69, 9.17) is 5.73 Å². The molecule has 2 rings (SSSR count). The molecule has 0 aliphatic rings. The second-order valence-electron chi connectivity index (χ2n) is 4.45. The molecule has 2 N–H and O–H groups in total. The van der Waals surface area contributed by atoms with Gasteiger partial charge in [0.1, 0.15) is 0 Å². The van der Waals surface area contributed by atoms with E-state index in [1.165, 1.54) is 5.56 Å². The van der Waals surface area contributed by atoms with Gasteiger partial charge in [-0.05, 0) is 44.0 Å². The van der Waals surface area contributed by atoms with Crippen molar-refractivity contribution in [1.29, 1.82) is 0 Å². The van der Waals surface area contributed by atoms with Crippen molar-refractivity contribution in [2.45, 2.75) is 33.2 Å². The predicted octanol–water partition coefficient (Wildman–Crippen LogP) is 2.90. The number of benzene rings is 1. The lowest BCUT2D eigenvalue weighted by Crippen LogP contribution is -2.08. The first-order valence-corrected chi connectivity index (χ1v) is 6.01. The predicted molar refractivity (Wildman–Crippen MR) is 70.3 cm³/mol. The van der Waals surface area contributed by atoms with Crippen molar-refractivity contribution in [3.05, 3.63) is 47.3 Å². The van der Waals surface area contributed by atoms with Gasteiger partial charge in [-0.2, -0.15) is 5.10 Å². The smallest absolute Gasteiger partial charge is 0.0648 e. The standard InChI is InChI=1S/C14H19N3/c1-4-14(15)12-5-7-13(8-6-12)17-11(3)9-10(2)16-17/h5-9,14H,4,15H2,1-3H3/t14-/m1/s1. The van der Waals surface area contributed by atoms with Crippen molar-refractivity contribution in [2.24, 2.45) is 5.73 Å². The Bertz CT molecular complexity index is 497. The van der Waals surface area contributed by atoms with Gasteiger partial charge in [0.15, 0.2) is 0 Å². The number of aromatic nitrogens is 2. The fourth-order valence-electron chi connectivity index (χ4n) is 1.99. The van der Waals surface area contributed by atoms with E-state index in [0.717, 1.165) is 23.5 Å². The Morgan fingerprint density at radius 3 is 2.35 bits per heavy atom. The molecule has 0 aliphatic heterocycles. The third kappa shape index (κ3) is 2.39. The summed E-state index contributed by atoms with van der Waals surface area (Å²) in [5.74, 6) is 0. The van der Waals surface area contributed by atoms with Crippen molar-refractivity contribution >= 4 is 0 Å². The fourth-order valence-corrected chi connectivity index (χ4v) is 1.99. The second kappa shape index (κ2) is 4.72. The first kappa shape index (κ1) is 11.9. The van der Waals surface area contributed by atoms with E-state index < -0.39 is 0 Å². The summed E-state index contributed by atoms with van der Waals surface area (Å²) in [5.41, 5.74) is 10.4. The summed E-state index contributed by atoms with van der Waals surface area (Å²) >= 11 is 0. The zero-order valence-electron chi connectivity index (χ0n) is 10.6. The minimum atomic E-state index is 0.129. The van der Waals surface area contributed by atoms with Gasteiger partial charge in [0.2, 0.25) is 0 Å². The van der Waals surface area contributed by atoms with Crippen LogP contribution in [0.4, 0.5) is 0 Å². The number of aryl methyl sites for hydroxylation is 2. The van der Waals surface area contributed by atoms with Gasteiger partial charge >= 0.3 is 0 Å². The molecule has 1 aromatic heterocycles. The average Bonchev–Trinajstić information content (AvgIpc) is 2.68. The zero-order valence-corrected chi connectivity index (χ0v) is 10.6. The van der Waals surface area contributed by atoms with E-state index in [0.29, 0.717) is 0 Å². The molecule has 1 atom stereocenters. The number of nitrogens with two attached hydrogens (primary N) is 1. The molecular formula is C14H19N3. The summed E-state index contributed by atoms with van der Waals surface area (Å²) in [5, 5.41) is 4.46. The van der Waals surface area contributed by atoms with Crippen LogP contribution in [0.1, 0.15) is 36.3 Å². The fraction of sp³-hybridized carbons (Fsp3) is 0.357. The Labute approximate surface area is 102 Å². The first-order valence-electron chi connectivity index (χ1n) is 6.01. The molecule has 0 amide bonds. The quantitative estimate of drug-likeness (QED) is 0.879. The van der Waals surface area contributed by atoms with E-state index >= 15 is 0 Å². The Kier molecular flexibility index (Phi) is 3.29. The highest BCUT2D eigenvalue weighted by molar-refractivity contribution is 5.36. The van der Waals surface area contributed by atoms with Gasteiger partial charge in [0, 0.05) is 11.7 Å². The van der Waals surface area contributed by atoms with Crippen molar-refractivity contribution in [3.8, 4) is 5.69 Å². The Balaban J connectivity index is 2.32. The van der Waals surface area contributed by atoms with E-state index in [9.17, 15) is 0 Å².